The largest absolute Gasteiger partial charge is 0.308 e. The van der Waals surface area contributed by atoms with Crippen LogP contribution in [0.25, 0.3) is 21.0 Å². The number of carbonyl (C=O) groups excluding carboxylic acids is 1. The minimum atomic E-state index is -0.0974. The molecule has 0 radical (unpaired) electrons. The Bertz CT molecular complexity index is 1090. The highest BCUT2D eigenvalue weighted by molar-refractivity contribution is 7.16. The zero-order valence-corrected chi connectivity index (χ0v) is 13.0. The molecule has 1 aromatic heterocycles. The van der Waals surface area contributed by atoms with E-state index in [4.69, 9.17) is 0 Å². The zero-order valence-electron chi connectivity index (χ0n) is 12.2. The highest BCUT2D eigenvalue weighted by Crippen LogP contribution is 2.21. The summed E-state index contributed by atoms with van der Waals surface area (Å²) in [6, 6.07) is 21.0. The van der Waals surface area contributed by atoms with Gasteiger partial charge in [0.05, 0.1) is 16.8 Å². The molecule has 1 heterocycles. The summed E-state index contributed by atoms with van der Waals surface area (Å²) in [5, 5.41) is 1.95. The third kappa shape index (κ3) is 2.37. The molecule has 0 aliphatic carbocycles. The van der Waals surface area contributed by atoms with Crippen LogP contribution in [-0.4, -0.2) is 10.4 Å². The maximum Gasteiger partial charge on any atom is 0.308 e. The third-order valence-electron chi connectivity index (χ3n) is 3.97. The summed E-state index contributed by atoms with van der Waals surface area (Å²) in [6.07, 6.45) is 0. The molecule has 112 valence electrons. The van der Waals surface area contributed by atoms with Crippen LogP contribution in [-0.2, 0) is 6.54 Å². The van der Waals surface area contributed by atoms with Crippen LogP contribution in [0.15, 0.2) is 71.5 Å². The van der Waals surface area contributed by atoms with E-state index < -0.39 is 0 Å². The van der Waals surface area contributed by atoms with Gasteiger partial charge in [0.15, 0.2) is 5.78 Å². The smallest absolute Gasteiger partial charge is 0.292 e. The fourth-order valence-electron chi connectivity index (χ4n) is 2.86. The molecule has 0 aliphatic heterocycles. The van der Waals surface area contributed by atoms with Gasteiger partial charge in [-0.1, -0.05) is 65.9 Å². The summed E-state index contributed by atoms with van der Waals surface area (Å²) in [5.74, 6) is -0.0487. The lowest BCUT2D eigenvalue weighted by molar-refractivity contribution is 0.0974. The van der Waals surface area contributed by atoms with Crippen molar-refractivity contribution in [1.29, 1.82) is 0 Å². The van der Waals surface area contributed by atoms with Crippen molar-refractivity contribution >= 4 is 38.1 Å². The van der Waals surface area contributed by atoms with Crippen LogP contribution in [0.1, 0.15) is 10.4 Å². The van der Waals surface area contributed by atoms with Crippen LogP contribution in [0.4, 0.5) is 0 Å². The number of ketones is 1. The number of aromatic nitrogens is 1. The van der Waals surface area contributed by atoms with Crippen LogP contribution in [0.3, 0.4) is 0 Å². The molecule has 4 heteroatoms. The Kier molecular flexibility index (Phi) is 3.32. The number of thiazole rings is 1. The van der Waals surface area contributed by atoms with Gasteiger partial charge in [-0.3, -0.25) is 14.2 Å². The van der Waals surface area contributed by atoms with Crippen LogP contribution < -0.4 is 4.87 Å². The van der Waals surface area contributed by atoms with Gasteiger partial charge < -0.3 is 0 Å². The number of para-hydroxylation sites is 1. The fourth-order valence-corrected chi connectivity index (χ4v) is 3.75. The van der Waals surface area contributed by atoms with Gasteiger partial charge in [-0.2, -0.15) is 0 Å². The van der Waals surface area contributed by atoms with E-state index in [1.165, 1.54) is 11.3 Å². The van der Waals surface area contributed by atoms with Gasteiger partial charge in [0, 0.05) is 5.56 Å². The molecular formula is C19H13NO2S. The maximum absolute atomic E-state index is 12.8. The topological polar surface area (TPSA) is 39.1 Å². The van der Waals surface area contributed by atoms with E-state index >= 15 is 0 Å². The molecule has 3 aromatic carbocycles. The van der Waals surface area contributed by atoms with Crippen LogP contribution in [0.2, 0.25) is 0 Å². The molecule has 0 saturated carbocycles. The van der Waals surface area contributed by atoms with Crippen LogP contribution >= 0.6 is 11.3 Å². The highest BCUT2D eigenvalue weighted by Gasteiger charge is 2.14. The number of nitrogens with zero attached hydrogens (tertiary/aromatic N) is 1. The van der Waals surface area contributed by atoms with E-state index in [1.807, 2.05) is 66.7 Å². The summed E-state index contributed by atoms with van der Waals surface area (Å²) < 4.78 is 2.47. The lowest BCUT2D eigenvalue weighted by Gasteiger charge is -2.07. The first-order valence-electron chi connectivity index (χ1n) is 7.33. The predicted molar refractivity (Wildman–Crippen MR) is 94.4 cm³/mol. The first-order valence-corrected chi connectivity index (χ1v) is 8.15. The molecule has 0 unspecified atom stereocenters. The van der Waals surface area contributed by atoms with Crippen LogP contribution in [0.5, 0.6) is 0 Å². The molecule has 0 aliphatic rings. The summed E-state index contributed by atoms with van der Waals surface area (Å²) in [5.41, 5.74) is 1.47. The van der Waals surface area contributed by atoms with Crippen molar-refractivity contribution in [2.24, 2.45) is 0 Å². The average Bonchev–Trinajstić information content (AvgIpc) is 2.90. The Balaban J connectivity index is 1.80. The number of rotatable bonds is 3. The van der Waals surface area contributed by atoms with Crippen molar-refractivity contribution in [3.8, 4) is 0 Å². The third-order valence-corrected chi connectivity index (χ3v) is 4.93. The number of Topliss-reactive ketones (excluding diaryl/α,β-unsaturated/α-hetero) is 1. The predicted octanol–water partition coefficient (Wildman–Crippen LogP) is 4.10. The fraction of sp³-hybridized carbons (Fsp3) is 0.0526. The molecule has 4 aromatic rings. The van der Waals surface area contributed by atoms with Gasteiger partial charge in [-0.15, -0.1) is 0 Å². The summed E-state index contributed by atoms with van der Waals surface area (Å²) in [4.78, 5) is 24.9. The molecule has 0 spiro atoms. The van der Waals surface area contributed by atoms with Gasteiger partial charge in [-0.05, 0) is 22.9 Å². The second-order valence-electron chi connectivity index (χ2n) is 5.37. The maximum atomic E-state index is 12.8. The van der Waals surface area contributed by atoms with E-state index in [9.17, 15) is 9.59 Å². The Hall–Kier alpha value is -2.72. The lowest BCUT2D eigenvalue weighted by Crippen LogP contribution is -2.19. The SMILES string of the molecule is O=C(Cn1c(=O)sc2ccccc21)c1cccc2ccccc12. The molecule has 23 heavy (non-hydrogen) atoms. The average molecular weight is 319 g/mol. The van der Waals surface area contributed by atoms with Gasteiger partial charge in [0.1, 0.15) is 0 Å². The van der Waals surface area contributed by atoms with Gasteiger partial charge >= 0.3 is 4.87 Å². The minimum absolute atomic E-state index is 0.0487. The molecule has 3 nitrogen and oxygen atoms in total. The number of carbonyl (C=O) groups is 1. The van der Waals surface area contributed by atoms with Crippen molar-refractivity contribution < 1.29 is 4.79 Å². The Morgan fingerprint density at radius 3 is 2.57 bits per heavy atom. The first kappa shape index (κ1) is 13.9. The highest BCUT2D eigenvalue weighted by atomic mass is 32.1. The molecule has 4 rings (SSSR count). The van der Waals surface area contributed by atoms with E-state index in [1.54, 1.807) is 4.57 Å². The summed E-state index contributed by atoms with van der Waals surface area (Å²) in [6.45, 7) is 0.0663. The zero-order chi connectivity index (χ0) is 15.8. The lowest BCUT2D eigenvalue weighted by atomic mass is 10.0. The van der Waals surface area contributed by atoms with Gasteiger partial charge in [0.2, 0.25) is 0 Å². The monoisotopic (exact) mass is 319 g/mol. The van der Waals surface area contributed by atoms with Crippen molar-refractivity contribution in [2.75, 3.05) is 0 Å². The van der Waals surface area contributed by atoms with E-state index in [0.29, 0.717) is 5.56 Å². The van der Waals surface area contributed by atoms with Crippen molar-refractivity contribution in [1.82, 2.24) is 4.57 Å². The molecule has 0 saturated heterocycles. The van der Waals surface area contributed by atoms with Gasteiger partial charge in [-0.25, -0.2) is 0 Å². The molecule has 0 fully saturated rings. The summed E-state index contributed by atoms with van der Waals surface area (Å²) in [7, 11) is 0. The molecule has 0 bridgehead atoms. The minimum Gasteiger partial charge on any atom is -0.292 e. The Labute approximate surface area is 136 Å². The van der Waals surface area contributed by atoms with Crippen molar-refractivity contribution in [3.05, 3.63) is 82.0 Å². The summed E-state index contributed by atoms with van der Waals surface area (Å²) >= 11 is 1.17. The van der Waals surface area contributed by atoms with E-state index in [0.717, 1.165) is 21.0 Å². The second-order valence-corrected chi connectivity index (χ2v) is 6.36. The van der Waals surface area contributed by atoms with E-state index in [-0.39, 0.29) is 17.2 Å². The Morgan fingerprint density at radius 2 is 1.65 bits per heavy atom. The normalized spacial score (nSPS) is 11.1. The van der Waals surface area contributed by atoms with E-state index in [2.05, 4.69) is 0 Å². The van der Waals surface area contributed by atoms with Gasteiger partial charge in [0.25, 0.3) is 0 Å². The van der Waals surface area contributed by atoms with Crippen LogP contribution in [0, 0.1) is 0 Å². The van der Waals surface area contributed by atoms with Crippen molar-refractivity contribution in [2.45, 2.75) is 6.54 Å². The molecule has 0 N–H and O–H groups in total. The molecular weight excluding hydrogens is 306 g/mol. The number of benzene rings is 3. The molecule has 0 atom stereocenters. The van der Waals surface area contributed by atoms with Crippen molar-refractivity contribution in [3.63, 3.8) is 0 Å². The number of hydrogen-bond donors (Lipinski definition) is 0. The standard InChI is InChI=1S/C19H13NO2S/c21-17(15-9-5-7-13-6-1-2-8-14(13)15)12-20-16-10-3-4-11-18(16)23-19(20)22/h1-11H,12H2. The Morgan fingerprint density at radius 1 is 0.913 bits per heavy atom. The molecule has 0 amide bonds. The number of fused-ring (bicyclic) bond motifs is 2. The number of hydrogen-bond acceptors (Lipinski definition) is 3. The quantitative estimate of drug-likeness (QED) is 0.533. The first-order chi connectivity index (χ1) is 11.2. The second kappa shape index (κ2) is 5.48.